The number of carbonyl (C=O) groups is 1. The Bertz CT molecular complexity index is 1390. The van der Waals surface area contributed by atoms with Gasteiger partial charge in [-0.25, -0.2) is 15.0 Å². The van der Waals surface area contributed by atoms with Gasteiger partial charge < -0.3 is 5.32 Å². The number of halogens is 6. The Balaban J connectivity index is 1.64. The maximum absolute atomic E-state index is 13.0. The summed E-state index contributed by atoms with van der Waals surface area (Å²) in [4.78, 5) is 24.8. The molecular formula is C22H18F6N6OS. The highest BCUT2D eigenvalue weighted by atomic mass is 32.1. The third-order valence-corrected chi connectivity index (χ3v) is 6.13. The minimum absolute atomic E-state index is 0.158. The summed E-state index contributed by atoms with van der Waals surface area (Å²) in [6.07, 6.45) is -5.01. The molecule has 0 fully saturated rings. The van der Waals surface area contributed by atoms with E-state index in [2.05, 4.69) is 25.4 Å². The van der Waals surface area contributed by atoms with Gasteiger partial charge in [0, 0.05) is 58.3 Å². The molecule has 14 heteroatoms. The van der Waals surface area contributed by atoms with Gasteiger partial charge in [-0.15, -0.1) is 11.3 Å². The topological polar surface area (TPSA) is 85.6 Å². The minimum Gasteiger partial charge on any atom is -0.345 e. The molecule has 190 valence electrons. The highest BCUT2D eigenvalue weighted by molar-refractivity contribution is 7.15. The van der Waals surface area contributed by atoms with Crippen molar-refractivity contribution >= 4 is 28.1 Å². The molecule has 1 N–H and O–H groups in total. The number of rotatable bonds is 6. The van der Waals surface area contributed by atoms with Crippen molar-refractivity contribution in [3.8, 4) is 10.6 Å². The second-order valence-corrected chi connectivity index (χ2v) is 9.26. The summed E-state index contributed by atoms with van der Waals surface area (Å²) < 4.78 is 77.4. The summed E-state index contributed by atoms with van der Waals surface area (Å²) in [5.74, 6) is -1.86. The third kappa shape index (κ3) is 5.80. The molecule has 7 nitrogen and oxygen atoms in total. The number of benzene rings is 1. The number of amides is 1. The van der Waals surface area contributed by atoms with Gasteiger partial charge in [-0.05, 0) is 26.0 Å². The zero-order valence-electron chi connectivity index (χ0n) is 18.8. The number of thiazole rings is 1. The van der Waals surface area contributed by atoms with E-state index >= 15 is 0 Å². The van der Waals surface area contributed by atoms with E-state index in [-0.39, 0.29) is 17.7 Å². The molecule has 1 atom stereocenters. The van der Waals surface area contributed by atoms with Gasteiger partial charge in [0.15, 0.2) is 0 Å². The van der Waals surface area contributed by atoms with Crippen LogP contribution in [-0.4, -0.2) is 36.8 Å². The van der Waals surface area contributed by atoms with E-state index in [1.54, 1.807) is 19.2 Å². The van der Waals surface area contributed by atoms with Crippen molar-refractivity contribution in [1.29, 1.82) is 0 Å². The monoisotopic (exact) mass is 528 g/mol. The zero-order chi connectivity index (χ0) is 26.3. The number of hydrogen-bond acceptors (Lipinski definition) is 6. The first kappa shape index (κ1) is 25.5. The number of nitrogens with zero attached hydrogens (tertiary/aromatic N) is 5. The van der Waals surface area contributed by atoms with Gasteiger partial charge in [0.2, 0.25) is 5.82 Å². The molecule has 36 heavy (non-hydrogen) atoms. The summed E-state index contributed by atoms with van der Waals surface area (Å²) in [6.45, 7) is 3.01. The first-order valence-corrected chi connectivity index (χ1v) is 11.3. The van der Waals surface area contributed by atoms with Gasteiger partial charge in [0.05, 0.1) is 18.0 Å². The zero-order valence-corrected chi connectivity index (χ0v) is 19.6. The Morgan fingerprint density at radius 3 is 2.36 bits per heavy atom. The molecule has 0 aliphatic rings. The van der Waals surface area contributed by atoms with E-state index in [0.717, 1.165) is 17.3 Å². The van der Waals surface area contributed by atoms with Crippen LogP contribution < -0.4 is 5.32 Å². The summed E-state index contributed by atoms with van der Waals surface area (Å²) in [6, 6.07) is 2.27. The van der Waals surface area contributed by atoms with Gasteiger partial charge in [-0.2, -0.15) is 31.4 Å². The van der Waals surface area contributed by atoms with Gasteiger partial charge in [-0.1, -0.05) is 0 Å². The Hall–Kier alpha value is -3.55. The van der Waals surface area contributed by atoms with Crippen LogP contribution in [0, 0.1) is 6.92 Å². The van der Waals surface area contributed by atoms with Crippen LogP contribution in [0.4, 0.5) is 26.3 Å². The molecule has 0 spiro atoms. The highest BCUT2D eigenvalue weighted by Crippen LogP contribution is 2.33. The molecule has 0 bridgehead atoms. The van der Waals surface area contributed by atoms with E-state index in [4.69, 9.17) is 0 Å². The van der Waals surface area contributed by atoms with E-state index in [9.17, 15) is 31.1 Å². The third-order valence-electron chi connectivity index (χ3n) is 5.18. The van der Waals surface area contributed by atoms with Crippen molar-refractivity contribution in [2.75, 3.05) is 0 Å². The number of hydrogen-bond donors (Lipinski definition) is 1. The van der Waals surface area contributed by atoms with Crippen LogP contribution in [-0.2, 0) is 12.7 Å². The molecule has 1 aromatic carbocycles. The lowest BCUT2D eigenvalue weighted by Gasteiger charge is -2.15. The lowest BCUT2D eigenvalue weighted by Crippen LogP contribution is -2.27. The van der Waals surface area contributed by atoms with Gasteiger partial charge in [0.1, 0.15) is 5.01 Å². The number of alkyl halides is 6. The standard InChI is InChI=1S/C22H18F6N6OS/c1-11-7-29-19(36-11)15-5-13(6-17-16(15)10-34(33-17)4-3-21(23,24)25)18(35)32-12(2)14-8-30-20(31-9-14)22(26,27)28/h5-10,12H,3-4H2,1-2H3,(H,32,35). The predicted octanol–water partition coefficient (Wildman–Crippen LogP) is 5.72. The molecule has 4 aromatic rings. The normalized spacial score (nSPS) is 13.2. The number of aromatic nitrogens is 5. The number of carbonyl (C=O) groups excluding carboxylic acids is 1. The molecular weight excluding hydrogens is 510 g/mol. The molecule has 0 radical (unpaired) electrons. The highest BCUT2D eigenvalue weighted by Gasteiger charge is 2.34. The van der Waals surface area contributed by atoms with E-state index in [1.165, 1.54) is 28.3 Å². The summed E-state index contributed by atoms with van der Waals surface area (Å²) in [5, 5.41) is 7.98. The van der Waals surface area contributed by atoms with Gasteiger partial charge in [0.25, 0.3) is 5.91 Å². The number of aryl methyl sites for hydroxylation is 2. The van der Waals surface area contributed by atoms with Crippen LogP contribution in [0.15, 0.2) is 36.9 Å². The summed E-state index contributed by atoms with van der Waals surface area (Å²) >= 11 is 1.35. The van der Waals surface area contributed by atoms with Crippen LogP contribution in [0.5, 0.6) is 0 Å². The average molecular weight is 528 g/mol. The summed E-state index contributed by atoms with van der Waals surface area (Å²) in [7, 11) is 0. The molecule has 0 saturated carbocycles. The predicted molar refractivity (Wildman–Crippen MR) is 119 cm³/mol. The second kappa shape index (κ2) is 9.48. The van der Waals surface area contributed by atoms with Crippen LogP contribution in [0.1, 0.15) is 46.0 Å². The van der Waals surface area contributed by atoms with Crippen LogP contribution in [0.2, 0.25) is 0 Å². The van der Waals surface area contributed by atoms with Crippen molar-refractivity contribution in [2.45, 2.75) is 45.2 Å². The quantitative estimate of drug-likeness (QED) is 0.324. The van der Waals surface area contributed by atoms with Crippen molar-refractivity contribution in [2.24, 2.45) is 0 Å². The van der Waals surface area contributed by atoms with Crippen LogP contribution >= 0.6 is 11.3 Å². The molecule has 3 aromatic heterocycles. The number of fused-ring (bicyclic) bond motifs is 1. The minimum atomic E-state index is -4.69. The molecule has 1 unspecified atom stereocenters. The fourth-order valence-electron chi connectivity index (χ4n) is 3.39. The Kier molecular flexibility index (Phi) is 6.73. The smallest absolute Gasteiger partial charge is 0.345 e. The van der Waals surface area contributed by atoms with Crippen molar-refractivity contribution in [1.82, 2.24) is 30.0 Å². The van der Waals surface area contributed by atoms with Gasteiger partial charge >= 0.3 is 12.4 Å². The van der Waals surface area contributed by atoms with Crippen LogP contribution in [0.3, 0.4) is 0 Å². The molecule has 0 aliphatic heterocycles. The molecule has 4 rings (SSSR count). The number of nitrogens with one attached hydrogen (secondary N) is 1. The van der Waals surface area contributed by atoms with Gasteiger partial charge in [-0.3, -0.25) is 9.48 Å². The SMILES string of the molecule is Cc1cnc(-c2cc(C(=O)NC(C)c3cnc(C(F)(F)F)nc3)cc3nn(CCC(F)(F)F)cc23)s1. The fourth-order valence-corrected chi connectivity index (χ4v) is 4.18. The average Bonchev–Trinajstić information content (AvgIpc) is 3.41. The first-order chi connectivity index (χ1) is 16.8. The van der Waals surface area contributed by atoms with E-state index in [0.29, 0.717) is 21.5 Å². The van der Waals surface area contributed by atoms with Crippen LogP contribution in [0.25, 0.3) is 21.5 Å². The van der Waals surface area contributed by atoms with E-state index < -0.39 is 36.5 Å². The Labute approximate surface area is 204 Å². The van der Waals surface area contributed by atoms with Crippen molar-refractivity contribution < 1.29 is 31.1 Å². The maximum atomic E-state index is 13.0. The molecule has 1 amide bonds. The fraction of sp³-hybridized carbons (Fsp3) is 0.318. The lowest BCUT2D eigenvalue weighted by molar-refractivity contribution is -0.145. The first-order valence-electron chi connectivity index (χ1n) is 10.5. The summed E-state index contributed by atoms with van der Waals surface area (Å²) in [5.41, 5.74) is 1.24. The van der Waals surface area contributed by atoms with Crippen molar-refractivity contribution in [3.63, 3.8) is 0 Å². The molecule has 0 aliphatic carbocycles. The largest absolute Gasteiger partial charge is 0.451 e. The second-order valence-electron chi connectivity index (χ2n) is 8.02. The van der Waals surface area contributed by atoms with E-state index in [1.807, 2.05) is 6.92 Å². The molecule has 3 heterocycles. The Morgan fingerprint density at radius 1 is 1.08 bits per heavy atom. The Morgan fingerprint density at radius 2 is 1.78 bits per heavy atom. The maximum Gasteiger partial charge on any atom is 0.451 e. The molecule has 0 saturated heterocycles. The lowest BCUT2D eigenvalue weighted by atomic mass is 10.1. The van der Waals surface area contributed by atoms with Crippen molar-refractivity contribution in [3.05, 3.63) is 58.7 Å².